The average molecular weight is 278 g/mol. The predicted octanol–water partition coefficient (Wildman–Crippen LogP) is 1.60. The van der Waals surface area contributed by atoms with Crippen molar-refractivity contribution >= 4 is 23.6 Å². The highest BCUT2D eigenvalue weighted by atomic mass is 32.2. The molecule has 1 rings (SSSR count). The summed E-state index contributed by atoms with van der Waals surface area (Å²) in [4.78, 5) is 24.0. The molecule has 0 heterocycles. The van der Waals surface area contributed by atoms with Gasteiger partial charge in [0.25, 0.3) is 0 Å². The molecule has 1 amide bonds. The van der Waals surface area contributed by atoms with Crippen LogP contribution in [0.5, 0.6) is 0 Å². The van der Waals surface area contributed by atoms with Gasteiger partial charge in [-0.3, -0.25) is 4.79 Å². The molecular weight excluding hydrogens is 264 g/mol. The Labute approximate surface area is 115 Å². The number of carboxylic acid groups (broad SMARTS) is 1. The first-order valence-electron chi connectivity index (χ1n) is 5.55. The van der Waals surface area contributed by atoms with Crippen molar-refractivity contribution in [3.63, 3.8) is 0 Å². The van der Waals surface area contributed by atoms with Gasteiger partial charge in [0.2, 0.25) is 5.91 Å². The summed E-state index contributed by atoms with van der Waals surface area (Å²) in [7, 11) is 1.68. The minimum atomic E-state index is -0.969. The molecular formula is C13H14N2O3S. The number of amides is 1. The van der Waals surface area contributed by atoms with Crippen LogP contribution >= 0.6 is 11.8 Å². The maximum atomic E-state index is 11.7. The molecule has 1 N–H and O–H groups in total. The first-order valence-corrected chi connectivity index (χ1v) is 6.71. The molecule has 0 radical (unpaired) electrons. The van der Waals surface area contributed by atoms with Gasteiger partial charge in [0.1, 0.15) is 0 Å². The lowest BCUT2D eigenvalue weighted by atomic mass is 10.1. The second kappa shape index (κ2) is 7.44. The van der Waals surface area contributed by atoms with Crippen molar-refractivity contribution in [3.8, 4) is 6.07 Å². The van der Waals surface area contributed by atoms with E-state index in [1.165, 1.54) is 23.9 Å². The molecule has 0 spiro atoms. The molecule has 6 heteroatoms. The minimum absolute atomic E-state index is 0.0532. The van der Waals surface area contributed by atoms with Crippen molar-refractivity contribution < 1.29 is 14.7 Å². The summed E-state index contributed by atoms with van der Waals surface area (Å²) >= 11 is 1.28. The van der Waals surface area contributed by atoms with E-state index in [9.17, 15) is 9.59 Å². The number of nitrogens with zero attached hydrogens (tertiary/aromatic N) is 2. The summed E-state index contributed by atoms with van der Waals surface area (Å²) in [5.74, 6) is -0.448. The van der Waals surface area contributed by atoms with Crippen LogP contribution in [0.2, 0.25) is 0 Å². The Kier molecular flexibility index (Phi) is 5.90. The lowest BCUT2D eigenvalue weighted by Gasteiger charge is -2.16. The number of carboxylic acids is 1. The number of carbonyl (C=O) groups excluding carboxylic acids is 1. The van der Waals surface area contributed by atoms with Crippen molar-refractivity contribution in [1.82, 2.24) is 4.90 Å². The van der Waals surface area contributed by atoms with Gasteiger partial charge in [-0.05, 0) is 17.7 Å². The fourth-order valence-corrected chi connectivity index (χ4v) is 2.00. The Balaban J connectivity index is 2.52. The summed E-state index contributed by atoms with van der Waals surface area (Å²) in [6.07, 6.45) is 0. The first-order chi connectivity index (χ1) is 9.04. The summed E-state index contributed by atoms with van der Waals surface area (Å²) in [5, 5.41) is 17.2. The monoisotopic (exact) mass is 278 g/mol. The van der Waals surface area contributed by atoms with Crippen LogP contribution in [0.4, 0.5) is 0 Å². The zero-order valence-corrected chi connectivity index (χ0v) is 11.3. The van der Waals surface area contributed by atoms with Crippen LogP contribution < -0.4 is 0 Å². The third kappa shape index (κ3) is 5.02. The van der Waals surface area contributed by atoms with Gasteiger partial charge in [0, 0.05) is 13.6 Å². The van der Waals surface area contributed by atoms with Crippen LogP contribution in [0.1, 0.15) is 15.9 Å². The van der Waals surface area contributed by atoms with Crippen LogP contribution in [0.15, 0.2) is 24.3 Å². The normalized spacial score (nSPS) is 9.68. The lowest BCUT2D eigenvalue weighted by Crippen LogP contribution is -2.27. The van der Waals surface area contributed by atoms with E-state index in [1.54, 1.807) is 24.1 Å². The highest BCUT2D eigenvalue weighted by Gasteiger charge is 2.09. The standard InChI is InChI=1S/C13H14N2O3S/c1-15(12(16)9-19-7-6-14)8-10-2-4-11(5-3-10)13(17)18/h2-5H,7-9H2,1H3,(H,17,18). The molecule has 0 aliphatic carbocycles. The van der Waals surface area contributed by atoms with Crippen LogP contribution in [-0.4, -0.2) is 40.4 Å². The van der Waals surface area contributed by atoms with Crippen LogP contribution in [0.3, 0.4) is 0 Å². The van der Waals surface area contributed by atoms with Crippen LogP contribution in [0.25, 0.3) is 0 Å². The van der Waals surface area contributed by atoms with Crippen LogP contribution in [-0.2, 0) is 11.3 Å². The van der Waals surface area contributed by atoms with E-state index in [4.69, 9.17) is 10.4 Å². The number of carbonyl (C=O) groups is 2. The molecule has 100 valence electrons. The Bertz CT molecular complexity index is 494. The highest BCUT2D eigenvalue weighted by molar-refractivity contribution is 8.00. The van der Waals surface area contributed by atoms with E-state index in [0.717, 1.165) is 5.56 Å². The smallest absolute Gasteiger partial charge is 0.335 e. The zero-order chi connectivity index (χ0) is 14.3. The third-order valence-electron chi connectivity index (χ3n) is 2.44. The van der Waals surface area contributed by atoms with E-state index in [2.05, 4.69) is 0 Å². The van der Waals surface area contributed by atoms with E-state index >= 15 is 0 Å². The number of aromatic carboxylic acids is 1. The Morgan fingerprint density at radius 3 is 2.53 bits per heavy atom. The third-order valence-corrected chi connectivity index (χ3v) is 3.22. The second-order valence-corrected chi connectivity index (χ2v) is 4.89. The highest BCUT2D eigenvalue weighted by Crippen LogP contribution is 2.08. The van der Waals surface area contributed by atoms with Gasteiger partial charge in [-0.25, -0.2) is 4.79 Å². The molecule has 1 aromatic rings. The molecule has 19 heavy (non-hydrogen) atoms. The SMILES string of the molecule is CN(Cc1ccc(C(=O)O)cc1)C(=O)CSCC#N. The van der Waals surface area contributed by atoms with Gasteiger partial charge in [-0.2, -0.15) is 5.26 Å². The van der Waals surface area contributed by atoms with Crippen LogP contribution in [0, 0.1) is 11.3 Å². The van der Waals surface area contributed by atoms with Crippen molar-refractivity contribution in [3.05, 3.63) is 35.4 Å². The summed E-state index contributed by atoms with van der Waals surface area (Å²) < 4.78 is 0. The fraction of sp³-hybridized carbons (Fsp3) is 0.308. The van der Waals surface area contributed by atoms with Gasteiger partial charge in [-0.15, -0.1) is 11.8 Å². The summed E-state index contributed by atoms with van der Waals surface area (Å²) in [5.41, 5.74) is 1.09. The maximum absolute atomic E-state index is 11.7. The van der Waals surface area contributed by atoms with Gasteiger partial charge < -0.3 is 10.0 Å². The van der Waals surface area contributed by atoms with Crippen molar-refractivity contribution in [2.75, 3.05) is 18.6 Å². The van der Waals surface area contributed by atoms with Crippen molar-refractivity contribution in [2.24, 2.45) is 0 Å². The van der Waals surface area contributed by atoms with Gasteiger partial charge in [0.05, 0.1) is 23.1 Å². The Hall–Kier alpha value is -2.00. The first kappa shape index (κ1) is 15.1. The number of thioether (sulfide) groups is 1. The molecule has 0 fully saturated rings. The molecule has 5 nitrogen and oxygen atoms in total. The predicted molar refractivity (Wildman–Crippen MR) is 72.8 cm³/mol. The number of hydrogen-bond acceptors (Lipinski definition) is 4. The Morgan fingerprint density at radius 1 is 1.37 bits per heavy atom. The van der Waals surface area contributed by atoms with E-state index < -0.39 is 5.97 Å². The zero-order valence-electron chi connectivity index (χ0n) is 10.5. The molecule has 0 unspecified atom stereocenters. The van der Waals surface area contributed by atoms with Crippen molar-refractivity contribution in [1.29, 1.82) is 5.26 Å². The van der Waals surface area contributed by atoms with E-state index in [1.807, 2.05) is 6.07 Å². The maximum Gasteiger partial charge on any atom is 0.335 e. The van der Waals surface area contributed by atoms with Gasteiger partial charge in [-0.1, -0.05) is 12.1 Å². The summed E-state index contributed by atoms with van der Waals surface area (Å²) in [6.45, 7) is 0.422. The molecule has 0 bridgehead atoms. The number of benzene rings is 1. The molecule has 0 saturated carbocycles. The topological polar surface area (TPSA) is 81.4 Å². The molecule has 1 aromatic carbocycles. The van der Waals surface area contributed by atoms with E-state index in [0.29, 0.717) is 12.3 Å². The summed E-state index contributed by atoms with van der Waals surface area (Å²) in [6, 6.07) is 8.37. The lowest BCUT2D eigenvalue weighted by molar-refractivity contribution is -0.127. The number of nitriles is 1. The number of hydrogen-bond donors (Lipinski definition) is 1. The molecule has 0 saturated heterocycles. The van der Waals surface area contributed by atoms with Crippen molar-refractivity contribution in [2.45, 2.75) is 6.54 Å². The fourth-order valence-electron chi connectivity index (χ4n) is 1.41. The largest absolute Gasteiger partial charge is 0.478 e. The molecule has 0 aromatic heterocycles. The molecule has 0 aliphatic heterocycles. The van der Waals surface area contributed by atoms with E-state index in [-0.39, 0.29) is 17.2 Å². The minimum Gasteiger partial charge on any atom is -0.478 e. The second-order valence-electron chi connectivity index (χ2n) is 3.90. The number of rotatable bonds is 6. The van der Waals surface area contributed by atoms with Gasteiger partial charge in [0.15, 0.2) is 0 Å². The average Bonchev–Trinajstić information content (AvgIpc) is 2.39. The Morgan fingerprint density at radius 2 is 2.00 bits per heavy atom. The van der Waals surface area contributed by atoms with Gasteiger partial charge >= 0.3 is 5.97 Å². The molecule has 0 aliphatic rings. The quantitative estimate of drug-likeness (QED) is 0.799. The molecule has 0 atom stereocenters.